The van der Waals surface area contributed by atoms with Gasteiger partial charge < -0.3 is 14.6 Å². The predicted octanol–water partition coefficient (Wildman–Crippen LogP) is 6.13. The van der Waals surface area contributed by atoms with E-state index in [4.69, 9.17) is 4.74 Å². The minimum absolute atomic E-state index is 0.0228. The van der Waals surface area contributed by atoms with E-state index >= 15 is 0 Å². The number of amides is 1. The molecule has 198 valence electrons. The van der Waals surface area contributed by atoms with Crippen molar-refractivity contribution in [2.24, 2.45) is 0 Å². The van der Waals surface area contributed by atoms with Gasteiger partial charge in [-0.05, 0) is 60.9 Å². The number of ether oxygens (including phenoxy) is 2. The molecule has 3 aromatic rings. The first-order valence-electron chi connectivity index (χ1n) is 11.9. The van der Waals surface area contributed by atoms with Crippen LogP contribution in [0.15, 0.2) is 72.4 Å². The van der Waals surface area contributed by atoms with Gasteiger partial charge in [-0.2, -0.15) is 0 Å². The average molecular weight is 527 g/mol. The lowest BCUT2D eigenvalue weighted by Gasteiger charge is -2.25. The summed E-state index contributed by atoms with van der Waals surface area (Å²) in [4.78, 5) is 31.9. The van der Waals surface area contributed by atoms with Crippen molar-refractivity contribution in [1.82, 2.24) is 4.98 Å². The molecule has 1 atom stereocenters. The maximum Gasteiger partial charge on any atom is 0.573 e. The second-order valence-electron chi connectivity index (χ2n) is 8.81. The number of Topliss-reactive ketones (excluding diaryl/α,β-unsaturated/α-hetero) is 1. The van der Waals surface area contributed by atoms with E-state index in [0.717, 1.165) is 22.6 Å². The van der Waals surface area contributed by atoms with Gasteiger partial charge in [0, 0.05) is 23.5 Å². The van der Waals surface area contributed by atoms with E-state index < -0.39 is 35.6 Å². The van der Waals surface area contributed by atoms with Crippen LogP contribution in [0.2, 0.25) is 0 Å². The second-order valence-corrected chi connectivity index (χ2v) is 8.81. The molecule has 1 aromatic heterocycles. The van der Waals surface area contributed by atoms with Gasteiger partial charge in [-0.3, -0.25) is 19.5 Å². The van der Waals surface area contributed by atoms with E-state index in [0.29, 0.717) is 12.4 Å². The highest BCUT2D eigenvalue weighted by atomic mass is 19.4. The molecule has 1 aliphatic rings. The summed E-state index contributed by atoms with van der Waals surface area (Å²) in [6, 6.07) is 13.3. The number of benzene rings is 2. The Morgan fingerprint density at radius 3 is 2.47 bits per heavy atom. The molecular formula is C28H25F3N2O5. The van der Waals surface area contributed by atoms with Crippen molar-refractivity contribution < 1.29 is 37.3 Å². The third kappa shape index (κ3) is 5.34. The zero-order valence-electron chi connectivity index (χ0n) is 20.8. The van der Waals surface area contributed by atoms with Gasteiger partial charge in [-0.25, -0.2) is 0 Å². The number of ketones is 1. The molecule has 1 unspecified atom stereocenters. The van der Waals surface area contributed by atoms with Crippen molar-refractivity contribution in [3.05, 3.63) is 89.3 Å². The number of aromatic nitrogens is 1. The molecule has 7 nitrogen and oxygen atoms in total. The van der Waals surface area contributed by atoms with E-state index in [1.807, 2.05) is 20.8 Å². The molecular weight excluding hydrogens is 501 g/mol. The van der Waals surface area contributed by atoms with Gasteiger partial charge in [0.2, 0.25) is 0 Å². The molecule has 0 bridgehead atoms. The maximum absolute atomic E-state index is 13.3. The molecule has 1 saturated heterocycles. The van der Waals surface area contributed by atoms with E-state index in [9.17, 15) is 27.9 Å². The Hall–Kier alpha value is -4.34. The quantitative estimate of drug-likeness (QED) is 0.226. The molecule has 2 heterocycles. The molecule has 1 fully saturated rings. The SMILES string of the molecule is CCOc1ccc(/C(O)=C2/C(=O)C(=O)N(c3cccc(OC(F)(F)F)c3)C2c2ccccn2)cc1C(C)C. The number of carbonyl (C=O) groups excluding carboxylic acids is 2. The van der Waals surface area contributed by atoms with E-state index in [1.165, 1.54) is 18.3 Å². The number of hydrogen-bond donors (Lipinski definition) is 1. The molecule has 1 aliphatic heterocycles. The zero-order valence-corrected chi connectivity index (χ0v) is 20.8. The fourth-order valence-electron chi connectivity index (χ4n) is 4.34. The highest BCUT2D eigenvalue weighted by Gasteiger charge is 2.48. The van der Waals surface area contributed by atoms with Crippen molar-refractivity contribution in [3.8, 4) is 11.5 Å². The monoisotopic (exact) mass is 526 g/mol. The van der Waals surface area contributed by atoms with Crippen LogP contribution in [0.3, 0.4) is 0 Å². The Labute approximate surface area is 217 Å². The largest absolute Gasteiger partial charge is 0.573 e. The molecule has 2 aromatic carbocycles. The van der Waals surface area contributed by atoms with Crippen molar-refractivity contribution in [2.75, 3.05) is 11.5 Å². The van der Waals surface area contributed by atoms with E-state index in [1.54, 1.807) is 36.4 Å². The van der Waals surface area contributed by atoms with E-state index in [2.05, 4.69) is 9.72 Å². The van der Waals surface area contributed by atoms with E-state index in [-0.39, 0.29) is 28.4 Å². The lowest BCUT2D eigenvalue weighted by atomic mass is 9.94. The number of rotatable bonds is 7. The van der Waals surface area contributed by atoms with Gasteiger partial charge in [-0.1, -0.05) is 26.0 Å². The number of nitrogens with zero attached hydrogens (tertiary/aromatic N) is 2. The molecule has 0 aliphatic carbocycles. The second kappa shape index (κ2) is 10.6. The van der Waals surface area contributed by atoms with Crippen LogP contribution in [-0.4, -0.2) is 34.8 Å². The number of aliphatic hydroxyl groups is 1. The number of carbonyl (C=O) groups is 2. The fourth-order valence-corrected chi connectivity index (χ4v) is 4.34. The summed E-state index contributed by atoms with van der Waals surface area (Å²) >= 11 is 0. The van der Waals surface area contributed by atoms with Crippen LogP contribution in [0.5, 0.6) is 11.5 Å². The number of halogens is 3. The summed E-state index contributed by atoms with van der Waals surface area (Å²) in [6.45, 7) is 6.18. The fraction of sp³-hybridized carbons (Fsp3) is 0.250. The zero-order chi connectivity index (χ0) is 27.6. The molecule has 4 rings (SSSR count). The summed E-state index contributed by atoms with van der Waals surface area (Å²) in [5.74, 6) is -2.38. The lowest BCUT2D eigenvalue weighted by molar-refractivity contribution is -0.274. The molecule has 38 heavy (non-hydrogen) atoms. The maximum atomic E-state index is 13.3. The molecule has 1 N–H and O–H groups in total. The molecule has 10 heteroatoms. The first-order chi connectivity index (χ1) is 18.0. The van der Waals surface area contributed by atoms with Gasteiger partial charge in [0.05, 0.1) is 17.9 Å². The van der Waals surface area contributed by atoms with Gasteiger partial charge in [0.1, 0.15) is 23.3 Å². The highest BCUT2D eigenvalue weighted by Crippen LogP contribution is 2.43. The third-order valence-corrected chi connectivity index (χ3v) is 5.95. The standard InChI is InChI=1S/C28H25F3N2O5/c1-4-37-22-12-11-17(14-20(22)16(2)3)25(34)23-24(21-10-5-6-13-32-21)33(27(36)26(23)35)18-8-7-9-19(15-18)38-28(29,30)31/h5-16,24,34H,4H2,1-3H3/b25-23-. The van der Waals surface area contributed by atoms with Crippen molar-refractivity contribution >= 4 is 23.1 Å². The number of pyridine rings is 1. The molecule has 0 saturated carbocycles. The summed E-state index contributed by atoms with van der Waals surface area (Å²) in [5, 5.41) is 11.4. The first kappa shape index (κ1) is 26.7. The number of alkyl halides is 3. The predicted molar refractivity (Wildman–Crippen MR) is 134 cm³/mol. The lowest BCUT2D eigenvalue weighted by Crippen LogP contribution is -2.30. The summed E-state index contributed by atoms with van der Waals surface area (Å²) in [6.07, 6.45) is -3.50. The normalized spacial score (nSPS) is 17.2. The topological polar surface area (TPSA) is 89.0 Å². The number of anilines is 1. The van der Waals surface area contributed by atoms with Crippen LogP contribution >= 0.6 is 0 Å². The Bertz CT molecular complexity index is 1390. The smallest absolute Gasteiger partial charge is 0.507 e. The molecule has 1 amide bonds. The van der Waals surface area contributed by atoms with Gasteiger partial charge in [0.15, 0.2) is 0 Å². The Kier molecular flexibility index (Phi) is 7.43. The van der Waals surface area contributed by atoms with Gasteiger partial charge in [-0.15, -0.1) is 13.2 Å². The number of aliphatic hydroxyl groups excluding tert-OH is 1. The van der Waals surface area contributed by atoms with Crippen LogP contribution in [-0.2, 0) is 9.59 Å². The minimum Gasteiger partial charge on any atom is -0.507 e. The summed E-state index contributed by atoms with van der Waals surface area (Å²) in [5.41, 5.74) is 1.04. The van der Waals surface area contributed by atoms with Crippen LogP contribution in [0.25, 0.3) is 5.76 Å². The average Bonchev–Trinajstić information content (AvgIpc) is 3.14. The Balaban J connectivity index is 1.89. The summed E-state index contributed by atoms with van der Waals surface area (Å²) < 4.78 is 48.2. The third-order valence-electron chi connectivity index (χ3n) is 5.95. The Morgan fingerprint density at radius 2 is 1.84 bits per heavy atom. The van der Waals surface area contributed by atoms with Crippen molar-refractivity contribution in [3.63, 3.8) is 0 Å². The summed E-state index contributed by atoms with van der Waals surface area (Å²) in [7, 11) is 0. The van der Waals surface area contributed by atoms with Crippen LogP contribution < -0.4 is 14.4 Å². The van der Waals surface area contributed by atoms with Gasteiger partial charge >= 0.3 is 6.36 Å². The van der Waals surface area contributed by atoms with Crippen LogP contribution in [0.4, 0.5) is 18.9 Å². The number of hydrogen-bond acceptors (Lipinski definition) is 6. The highest BCUT2D eigenvalue weighted by molar-refractivity contribution is 6.51. The van der Waals surface area contributed by atoms with Crippen molar-refractivity contribution in [1.29, 1.82) is 0 Å². The van der Waals surface area contributed by atoms with Crippen LogP contribution in [0, 0.1) is 0 Å². The first-order valence-corrected chi connectivity index (χ1v) is 11.9. The Morgan fingerprint density at radius 1 is 1.08 bits per heavy atom. The molecule has 0 radical (unpaired) electrons. The molecule has 0 spiro atoms. The van der Waals surface area contributed by atoms with Gasteiger partial charge in [0.25, 0.3) is 11.7 Å². The van der Waals surface area contributed by atoms with Crippen LogP contribution in [0.1, 0.15) is 49.6 Å². The van der Waals surface area contributed by atoms with Crippen molar-refractivity contribution in [2.45, 2.75) is 39.1 Å². The minimum atomic E-state index is -4.95.